The maximum absolute atomic E-state index is 13.8. The van der Waals surface area contributed by atoms with Gasteiger partial charge in [-0.2, -0.15) is 13.2 Å². The molecule has 0 N–H and O–H groups in total. The zero-order valence-electron chi connectivity index (χ0n) is 14.2. The number of alkyl halides is 3. The number of benzene rings is 2. The Morgan fingerprint density at radius 2 is 1.54 bits per heavy atom. The van der Waals surface area contributed by atoms with E-state index in [1.165, 1.54) is 31.2 Å². The van der Waals surface area contributed by atoms with Crippen LogP contribution in [0.15, 0.2) is 60.7 Å². The lowest BCUT2D eigenvalue weighted by atomic mass is 9.92. The first-order valence-corrected chi connectivity index (χ1v) is 7.76. The first kappa shape index (κ1) is 19.5. The third-order valence-electron chi connectivity index (χ3n) is 3.65. The van der Waals surface area contributed by atoms with Crippen molar-refractivity contribution in [1.82, 2.24) is 0 Å². The van der Waals surface area contributed by atoms with Crippen LogP contribution < -0.4 is 0 Å². The third kappa shape index (κ3) is 4.06. The first-order valence-electron chi connectivity index (χ1n) is 7.76. The molecule has 0 saturated heterocycles. The Balaban J connectivity index is 2.29. The van der Waals surface area contributed by atoms with Crippen LogP contribution in [-0.2, 0) is 19.9 Å². The first-order chi connectivity index (χ1) is 12.3. The van der Waals surface area contributed by atoms with Crippen molar-refractivity contribution in [3.8, 4) is 11.8 Å². The van der Waals surface area contributed by atoms with Gasteiger partial charge in [0.2, 0.25) is 0 Å². The summed E-state index contributed by atoms with van der Waals surface area (Å²) in [6, 6.07) is 15.5. The number of carbonyl (C=O) groups is 1. The molecule has 2 rings (SSSR count). The average Bonchev–Trinajstić information content (AvgIpc) is 2.61. The SMILES string of the molecule is CO[C@@](C(=O)O[C@@H](C)C#Cc1ccccc1)(c1ccccc1)C(F)(F)F. The zero-order valence-corrected chi connectivity index (χ0v) is 14.2. The number of ether oxygens (including phenoxy) is 2. The van der Waals surface area contributed by atoms with Gasteiger partial charge < -0.3 is 9.47 Å². The molecule has 2 atom stereocenters. The highest BCUT2D eigenvalue weighted by Gasteiger charge is 2.64. The fraction of sp³-hybridized carbons (Fsp3) is 0.250. The van der Waals surface area contributed by atoms with Crippen LogP contribution in [0.1, 0.15) is 18.1 Å². The Kier molecular flexibility index (Phi) is 6.06. The molecule has 0 spiro atoms. The molecule has 0 aromatic heterocycles. The molecule has 136 valence electrons. The quantitative estimate of drug-likeness (QED) is 0.607. The molecule has 0 aliphatic heterocycles. The summed E-state index contributed by atoms with van der Waals surface area (Å²) in [6.07, 6.45) is -6.06. The van der Waals surface area contributed by atoms with Gasteiger partial charge >= 0.3 is 12.1 Å². The lowest BCUT2D eigenvalue weighted by Gasteiger charge is -2.32. The summed E-state index contributed by atoms with van der Waals surface area (Å²) >= 11 is 0. The molecule has 0 saturated carbocycles. The molecule has 6 heteroatoms. The van der Waals surface area contributed by atoms with E-state index in [9.17, 15) is 18.0 Å². The molecule has 0 heterocycles. The van der Waals surface area contributed by atoms with E-state index in [4.69, 9.17) is 4.74 Å². The van der Waals surface area contributed by atoms with Crippen LogP contribution in [0.5, 0.6) is 0 Å². The lowest BCUT2D eigenvalue weighted by molar-refractivity contribution is -0.277. The number of esters is 1. The van der Waals surface area contributed by atoms with E-state index in [-0.39, 0.29) is 5.56 Å². The van der Waals surface area contributed by atoms with Crippen molar-refractivity contribution in [2.75, 3.05) is 7.11 Å². The molecular formula is C20H17F3O3. The predicted octanol–water partition coefficient (Wildman–Crippen LogP) is 4.07. The van der Waals surface area contributed by atoms with Crippen LogP contribution in [0.2, 0.25) is 0 Å². The van der Waals surface area contributed by atoms with Gasteiger partial charge in [-0.1, -0.05) is 60.4 Å². The van der Waals surface area contributed by atoms with E-state index in [0.29, 0.717) is 5.56 Å². The molecular weight excluding hydrogens is 345 g/mol. The smallest absolute Gasteiger partial charge is 0.432 e. The van der Waals surface area contributed by atoms with E-state index in [1.807, 2.05) is 6.07 Å². The van der Waals surface area contributed by atoms with Crippen molar-refractivity contribution in [2.24, 2.45) is 0 Å². The summed E-state index contributed by atoms with van der Waals surface area (Å²) in [5.74, 6) is 3.80. The second-order valence-electron chi connectivity index (χ2n) is 5.43. The van der Waals surface area contributed by atoms with E-state index < -0.39 is 23.9 Å². The molecule has 0 radical (unpaired) electrons. The summed E-state index contributed by atoms with van der Waals surface area (Å²) in [4.78, 5) is 12.4. The molecule has 26 heavy (non-hydrogen) atoms. The second-order valence-corrected chi connectivity index (χ2v) is 5.43. The zero-order chi connectivity index (χ0) is 19.2. The van der Waals surface area contributed by atoms with Gasteiger partial charge in [0.1, 0.15) is 0 Å². The van der Waals surface area contributed by atoms with E-state index in [0.717, 1.165) is 7.11 Å². The molecule has 0 aliphatic rings. The minimum atomic E-state index is -5.01. The Morgan fingerprint density at radius 1 is 1.00 bits per heavy atom. The Labute approximate surface area is 149 Å². The molecule has 3 nitrogen and oxygen atoms in total. The third-order valence-corrected chi connectivity index (χ3v) is 3.65. The van der Waals surface area contributed by atoms with E-state index in [1.54, 1.807) is 30.3 Å². The van der Waals surface area contributed by atoms with Gasteiger partial charge in [-0.15, -0.1) is 0 Å². The van der Waals surface area contributed by atoms with Crippen LogP contribution in [0.3, 0.4) is 0 Å². The Bertz CT molecular complexity index is 792. The molecule has 0 bridgehead atoms. The van der Waals surface area contributed by atoms with Crippen molar-refractivity contribution >= 4 is 5.97 Å². The van der Waals surface area contributed by atoms with Gasteiger partial charge in [0, 0.05) is 18.2 Å². The van der Waals surface area contributed by atoms with Crippen LogP contribution in [0.4, 0.5) is 13.2 Å². The number of carbonyl (C=O) groups excluding carboxylic acids is 1. The van der Waals surface area contributed by atoms with Crippen molar-refractivity contribution < 1.29 is 27.4 Å². The van der Waals surface area contributed by atoms with Crippen molar-refractivity contribution in [2.45, 2.75) is 24.8 Å². The predicted molar refractivity (Wildman–Crippen MR) is 90.1 cm³/mol. The van der Waals surface area contributed by atoms with Gasteiger partial charge in [0.25, 0.3) is 5.60 Å². The fourth-order valence-electron chi connectivity index (χ4n) is 2.37. The van der Waals surface area contributed by atoms with Gasteiger partial charge in [-0.25, -0.2) is 4.79 Å². The van der Waals surface area contributed by atoms with Crippen molar-refractivity contribution in [1.29, 1.82) is 0 Å². The summed E-state index contributed by atoms with van der Waals surface area (Å²) in [5.41, 5.74) is -2.91. The Hall–Kier alpha value is -2.78. The molecule has 0 aliphatic carbocycles. The molecule has 0 unspecified atom stereocenters. The number of halogens is 3. The highest BCUT2D eigenvalue weighted by Crippen LogP contribution is 2.43. The lowest BCUT2D eigenvalue weighted by Crippen LogP contribution is -2.52. The second kappa shape index (κ2) is 8.07. The topological polar surface area (TPSA) is 35.5 Å². The molecule has 2 aromatic carbocycles. The molecule has 0 fully saturated rings. The number of hydrogen-bond acceptors (Lipinski definition) is 3. The fourth-order valence-corrected chi connectivity index (χ4v) is 2.37. The monoisotopic (exact) mass is 362 g/mol. The van der Waals surface area contributed by atoms with Crippen LogP contribution >= 0.6 is 0 Å². The number of rotatable bonds is 4. The van der Waals surface area contributed by atoms with E-state index >= 15 is 0 Å². The van der Waals surface area contributed by atoms with Gasteiger partial charge in [-0.05, 0) is 19.1 Å². The molecule has 0 amide bonds. The van der Waals surface area contributed by atoms with Gasteiger partial charge in [0.15, 0.2) is 6.10 Å². The van der Waals surface area contributed by atoms with Crippen LogP contribution in [0, 0.1) is 11.8 Å². The van der Waals surface area contributed by atoms with E-state index in [2.05, 4.69) is 16.6 Å². The summed E-state index contributed by atoms with van der Waals surface area (Å²) < 4.78 is 50.9. The Morgan fingerprint density at radius 3 is 2.04 bits per heavy atom. The van der Waals surface area contributed by atoms with Gasteiger partial charge in [0.05, 0.1) is 0 Å². The minimum absolute atomic E-state index is 0.358. The summed E-state index contributed by atoms with van der Waals surface area (Å²) in [5, 5.41) is 0. The highest BCUT2D eigenvalue weighted by molar-refractivity contribution is 5.83. The maximum atomic E-state index is 13.8. The molecule has 2 aromatic rings. The van der Waals surface area contributed by atoms with Gasteiger partial charge in [-0.3, -0.25) is 0 Å². The standard InChI is InChI=1S/C20H17F3O3/c1-15(13-14-16-9-5-3-6-10-16)26-18(24)19(25-2,20(21,22)23)17-11-7-4-8-12-17/h3-12,15H,1-2H3/t15-,19+/m0/s1. The van der Waals surface area contributed by atoms with Crippen LogP contribution in [0.25, 0.3) is 0 Å². The average molecular weight is 362 g/mol. The number of methoxy groups -OCH3 is 1. The number of hydrogen-bond donors (Lipinski definition) is 0. The minimum Gasteiger partial charge on any atom is -0.447 e. The largest absolute Gasteiger partial charge is 0.447 e. The maximum Gasteiger partial charge on any atom is 0.432 e. The summed E-state index contributed by atoms with van der Waals surface area (Å²) in [7, 11) is 0.821. The van der Waals surface area contributed by atoms with Crippen molar-refractivity contribution in [3.05, 3.63) is 71.8 Å². The normalized spacial score (nSPS) is 14.5. The summed E-state index contributed by atoms with van der Waals surface area (Å²) in [6.45, 7) is 1.40. The van der Waals surface area contributed by atoms with Crippen molar-refractivity contribution in [3.63, 3.8) is 0 Å². The highest BCUT2D eigenvalue weighted by atomic mass is 19.4. The van der Waals surface area contributed by atoms with Crippen LogP contribution in [-0.4, -0.2) is 25.4 Å².